The molecule has 0 fully saturated rings. The fourth-order valence-electron chi connectivity index (χ4n) is 3.03. The summed E-state index contributed by atoms with van der Waals surface area (Å²) >= 11 is 0. The minimum absolute atomic E-state index is 0.101. The molecule has 2 heterocycles. The molecule has 0 radical (unpaired) electrons. The first-order chi connectivity index (χ1) is 13.6. The number of carboxylic acid groups (broad SMARTS) is 1. The van der Waals surface area contributed by atoms with Crippen molar-refractivity contribution in [1.29, 1.82) is 0 Å². The fourth-order valence-corrected chi connectivity index (χ4v) is 3.03. The van der Waals surface area contributed by atoms with Crippen molar-refractivity contribution in [3.63, 3.8) is 0 Å². The van der Waals surface area contributed by atoms with Crippen molar-refractivity contribution in [2.75, 3.05) is 14.2 Å². The number of ether oxygens (including phenoxy) is 2. The Labute approximate surface area is 160 Å². The van der Waals surface area contributed by atoms with Crippen LogP contribution in [0.3, 0.4) is 0 Å². The van der Waals surface area contributed by atoms with Gasteiger partial charge in [0, 0.05) is 11.1 Å². The minimum Gasteiger partial charge on any atom is -0.493 e. The van der Waals surface area contributed by atoms with Gasteiger partial charge in [-0.25, -0.2) is 14.8 Å². The number of hydrogen-bond donors (Lipinski definition) is 2. The molecule has 0 spiro atoms. The van der Waals surface area contributed by atoms with Crippen molar-refractivity contribution >= 4 is 17.1 Å². The smallest absolute Gasteiger partial charge is 0.338 e. The number of rotatable bonds is 5. The zero-order valence-corrected chi connectivity index (χ0v) is 15.3. The van der Waals surface area contributed by atoms with E-state index in [0.29, 0.717) is 39.7 Å². The lowest BCUT2D eigenvalue weighted by Crippen LogP contribution is -2.00. The van der Waals surface area contributed by atoms with E-state index in [9.17, 15) is 9.90 Å². The van der Waals surface area contributed by atoms with E-state index < -0.39 is 5.97 Å². The molecule has 7 nitrogen and oxygen atoms in total. The second-order valence-electron chi connectivity index (χ2n) is 6.08. The van der Waals surface area contributed by atoms with Gasteiger partial charge in [-0.1, -0.05) is 30.3 Å². The molecule has 4 aromatic rings. The number of aromatic carboxylic acids is 1. The number of fused-ring (bicyclic) bond motifs is 1. The zero-order chi connectivity index (χ0) is 19.7. The number of carboxylic acids is 1. The quantitative estimate of drug-likeness (QED) is 0.547. The summed E-state index contributed by atoms with van der Waals surface area (Å²) in [7, 11) is 3.10. The molecule has 4 rings (SSSR count). The molecule has 2 N–H and O–H groups in total. The highest BCUT2D eigenvalue weighted by Crippen LogP contribution is 2.33. The topological polar surface area (TPSA) is 97.3 Å². The Bertz CT molecular complexity index is 1170. The maximum atomic E-state index is 11.8. The van der Waals surface area contributed by atoms with Crippen LogP contribution < -0.4 is 9.47 Å². The predicted molar refractivity (Wildman–Crippen MR) is 105 cm³/mol. The molecule has 2 aromatic carbocycles. The number of nitrogens with zero attached hydrogens (tertiary/aromatic N) is 2. The molecule has 0 aliphatic carbocycles. The van der Waals surface area contributed by atoms with E-state index in [2.05, 4.69) is 15.0 Å². The molecule has 0 atom stereocenters. The monoisotopic (exact) mass is 375 g/mol. The van der Waals surface area contributed by atoms with Gasteiger partial charge < -0.3 is 19.6 Å². The lowest BCUT2D eigenvalue weighted by molar-refractivity contribution is 0.0699. The van der Waals surface area contributed by atoms with Gasteiger partial charge in [0.2, 0.25) is 0 Å². The van der Waals surface area contributed by atoms with Crippen molar-refractivity contribution in [2.45, 2.75) is 0 Å². The van der Waals surface area contributed by atoms with Crippen LogP contribution in [0.25, 0.3) is 33.8 Å². The maximum absolute atomic E-state index is 11.8. The number of hydrogen-bond acceptors (Lipinski definition) is 5. The molecule has 0 bridgehead atoms. The molecule has 0 aliphatic rings. The van der Waals surface area contributed by atoms with Gasteiger partial charge in [0.05, 0.1) is 31.0 Å². The molecule has 0 saturated carbocycles. The van der Waals surface area contributed by atoms with Gasteiger partial charge in [-0.2, -0.15) is 0 Å². The van der Waals surface area contributed by atoms with Crippen LogP contribution in [0.2, 0.25) is 0 Å². The third-order valence-corrected chi connectivity index (χ3v) is 4.42. The number of imidazole rings is 1. The van der Waals surface area contributed by atoms with Crippen LogP contribution in [0.5, 0.6) is 11.5 Å². The number of aromatic amines is 1. The van der Waals surface area contributed by atoms with Crippen LogP contribution in [0.15, 0.2) is 54.6 Å². The Hall–Kier alpha value is -3.87. The summed E-state index contributed by atoms with van der Waals surface area (Å²) in [5.74, 6) is 0.621. The van der Waals surface area contributed by atoms with Crippen LogP contribution >= 0.6 is 0 Å². The summed E-state index contributed by atoms with van der Waals surface area (Å²) in [5.41, 5.74) is 2.86. The summed E-state index contributed by atoms with van der Waals surface area (Å²) in [5, 5.41) is 9.70. The van der Waals surface area contributed by atoms with E-state index in [0.717, 1.165) is 5.56 Å². The van der Waals surface area contributed by atoms with Gasteiger partial charge in [0.25, 0.3) is 0 Å². The SMILES string of the molecule is COc1ccc(-c2cc(C(=O)O)c3[nH]c(-c4ccccc4)nc3n2)cc1OC. The third-order valence-electron chi connectivity index (χ3n) is 4.42. The number of H-pyrrole nitrogens is 1. The summed E-state index contributed by atoms with van der Waals surface area (Å²) in [6.07, 6.45) is 0. The van der Waals surface area contributed by atoms with Crippen LogP contribution in [0, 0.1) is 0 Å². The largest absolute Gasteiger partial charge is 0.493 e. The van der Waals surface area contributed by atoms with E-state index in [1.165, 1.54) is 6.07 Å². The van der Waals surface area contributed by atoms with Gasteiger partial charge in [0.15, 0.2) is 17.1 Å². The summed E-state index contributed by atoms with van der Waals surface area (Å²) in [4.78, 5) is 24.0. The number of methoxy groups -OCH3 is 2. The first-order valence-corrected chi connectivity index (χ1v) is 8.52. The molecule has 28 heavy (non-hydrogen) atoms. The first kappa shape index (κ1) is 17.5. The van der Waals surface area contributed by atoms with Crippen molar-refractivity contribution in [1.82, 2.24) is 15.0 Å². The van der Waals surface area contributed by atoms with E-state index in [1.807, 2.05) is 30.3 Å². The van der Waals surface area contributed by atoms with Gasteiger partial charge in [0.1, 0.15) is 5.82 Å². The average molecular weight is 375 g/mol. The van der Waals surface area contributed by atoms with Crippen LogP contribution in [0.4, 0.5) is 0 Å². The molecule has 2 aromatic heterocycles. The van der Waals surface area contributed by atoms with E-state index in [4.69, 9.17) is 9.47 Å². The van der Waals surface area contributed by atoms with Crippen LogP contribution in [-0.4, -0.2) is 40.2 Å². The molecule has 0 aliphatic heterocycles. The van der Waals surface area contributed by atoms with E-state index in [-0.39, 0.29) is 5.56 Å². The maximum Gasteiger partial charge on any atom is 0.338 e. The Balaban J connectivity index is 1.90. The zero-order valence-electron chi connectivity index (χ0n) is 15.3. The molecule has 0 amide bonds. The predicted octanol–water partition coefficient (Wildman–Crippen LogP) is 4.01. The molecular weight excluding hydrogens is 358 g/mol. The number of aromatic nitrogens is 3. The average Bonchev–Trinajstić information content (AvgIpc) is 3.17. The molecule has 0 saturated heterocycles. The Kier molecular flexibility index (Phi) is 4.41. The van der Waals surface area contributed by atoms with Gasteiger partial charge >= 0.3 is 5.97 Å². The highest BCUT2D eigenvalue weighted by Gasteiger charge is 2.18. The second kappa shape index (κ2) is 7.03. The summed E-state index contributed by atoms with van der Waals surface area (Å²) < 4.78 is 10.6. The highest BCUT2D eigenvalue weighted by molar-refractivity contribution is 6.02. The van der Waals surface area contributed by atoms with E-state index in [1.54, 1.807) is 32.4 Å². The molecule has 140 valence electrons. The van der Waals surface area contributed by atoms with Gasteiger partial charge in [-0.3, -0.25) is 0 Å². The second-order valence-corrected chi connectivity index (χ2v) is 6.08. The number of carbonyl (C=O) groups is 1. The fraction of sp³-hybridized carbons (Fsp3) is 0.0952. The first-order valence-electron chi connectivity index (χ1n) is 8.52. The van der Waals surface area contributed by atoms with Crippen molar-refractivity contribution in [2.24, 2.45) is 0 Å². The lowest BCUT2D eigenvalue weighted by Gasteiger charge is -2.09. The minimum atomic E-state index is -1.06. The number of pyridine rings is 1. The Morgan fingerprint density at radius 3 is 2.36 bits per heavy atom. The Morgan fingerprint density at radius 1 is 0.929 bits per heavy atom. The van der Waals surface area contributed by atoms with Crippen molar-refractivity contribution in [3.8, 4) is 34.1 Å². The van der Waals surface area contributed by atoms with Gasteiger partial charge in [-0.05, 0) is 24.3 Å². The summed E-state index contributed by atoms with van der Waals surface area (Å²) in [6.45, 7) is 0. The van der Waals surface area contributed by atoms with E-state index >= 15 is 0 Å². The number of benzene rings is 2. The highest BCUT2D eigenvalue weighted by atomic mass is 16.5. The lowest BCUT2D eigenvalue weighted by atomic mass is 10.1. The molecular formula is C21H17N3O4. The number of nitrogens with one attached hydrogen (secondary N) is 1. The van der Waals surface area contributed by atoms with Gasteiger partial charge in [-0.15, -0.1) is 0 Å². The van der Waals surface area contributed by atoms with Crippen LogP contribution in [-0.2, 0) is 0 Å². The Morgan fingerprint density at radius 2 is 1.68 bits per heavy atom. The summed E-state index contributed by atoms with van der Waals surface area (Å²) in [6, 6.07) is 16.3. The molecule has 7 heteroatoms. The molecule has 0 unspecified atom stereocenters. The normalized spacial score (nSPS) is 10.8. The standard InChI is InChI=1S/C21H17N3O4/c1-27-16-9-8-13(10-17(16)28-2)15-11-14(21(25)26)18-20(22-15)24-19(23-18)12-6-4-3-5-7-12/h3-11H,1-2H3,(H,25,26)(H,22,23,24). The van der Waals surface area contributed by atoms with Crippen molar-refractivity contribution < 1.29 is 19.4 Å². The third kappa shape index (κ3) is 3.03. The van der Waals surface area contributed by atoms with Crippen LogP contribution in [0.1, 0.15) is 10.4 Å². The van der Waals surface area contributed by atoms with Crippen molar-refractivity contribution in [3.05, 3.63) is 60.2 Å².